The molecule has 23 heavy (non-hydrogen) atoms. The molecule has 1 aliphatic rings. The zero-order valence-electron chi connectivity index (χ0n) is 13.1. The number of rotatable bonds is 6. The van der Waals surface area contributed by atoms with Gasteiger partial charge in [0.05, 0.1) is 12.6 Å². The van der Waals surface area contributed by atoms with Gasteiger partial charge in [0.2, 0.25) is 5.91 Å². The molecule has 6 heteroatoms. The molecule has 0 unspecified atom stereocenters. The van der Waals surface area contributed by atoms with Gasteiger partial charge >= 0.3 is 0 Å². The number of para-hydroxylation sites is 1. The van der Waals surface area contributed by atoms with E-state index < -0.39 is 0 Å². The molecule has 2 aromatic rings. The average Bonchev–Trinajstić information content (AvgIpc) is 3.09. The summed E-state index contributed by atoms with van der Waals surface area (Å²) < 4.78 is 7.74. The van der Waals surface area contributed by atoms with Crippen molar-refractivity contribution in [3.05, 3.63) is 43.0 Å². The van der Waals surface area contributed by atoms with Crippen LogP contribution in [0, 0.1) is 0 Å². The maximum absolute atomic E-state index is 12.2. The number of aryl methyl sites for hydroxylation is 1. The van der Waals surface area contributed by atoms with E-state index in [1.807, 2.05) is 30.3 Å². The minimum Gasteiger partial charge on any atom is -0.488 e. The summed E-state index contributed by atoms with van der Waals surface area (Å²) in [5.41, 5.74) is 0. The molecule has 1 N–H and O–H groups in total. The first-order chi connectivity index (χ1) is 11.3. The van der Waals surface area contributed by atoms with Gasteiger partial charge in [0.1, 0.15) is 24.5 Å². The van der Waals surface area contributed by atoms with Crippen molar-refractivity contribution < 1.29 is 9.53 Å². The molecule has 1 aliphatic carbocycles. The Morgan fingerprint density at radius 3 is 2.87 bits per heavy atom. The number of carbonyl (C=O) groups excluding carboxylic acids is 1. The molecule has 1 fully saturated rings. The number of ether oxygens (including phenoxy) is 1. The zero-order chi connectivity index (χ0) is 15.9. The lowest BCUT2D eigenvalue weighted by molar-refractivity contribution is -0.123. The third-order valence-electron chi connectivity index (χ3n) is 4.11. The highest BCUT2D eigenvalue weighted by molar-refractivity contribution is 5.76. The minimum absolute atomic E-state index is 0.0362. The summed E-state index contributed by atoms with van der Waals surface area (Å²) in [7, 11) is 0. The Morgan fingerprint density at radius 1 is 1.26 bits per heavy atom. The van der Waals surface area contributed by atoms with Crippen LogP contribution in [0.1, 0.15) is 32.1 Å². The average molecular weight is 314 g/mol. The summed E-state index contributed by atoms with van der Waals surface area (Å²) in [5.74, 6) is 0.898. The summed E-state index contributed by atoms with van der Waals surface area (Å²) in [4.78, 5) is 16.1. The van der Waals surface area contributed by atoms with E-state index >= 15 is 0 Å². The summed E-state index contributed by atoms with van der Waals surface area (Å²) in [6.07, 6.45) is 7.75. The van der Waals surface area contributed by atoms with Crippen molar-refractivity contribution in [2.75, 3.05) is 0 Å². The molecule has 2 atom stereocenters. The van der Waals surface area contributed by atoms with E-state index in [9.17, 15) is 4.79 Å². The molecule has 0 spiro atoms. The van der Waals surface area contributed by atoms with E-state index in [-0.39, 0.29) is 18.1 Å². The summed E-state index contributed by atoms with van der Waals surface area (Å²) in [6, 6.07) is 9.88. The largest absolute Gasteiger partial charge is 0.488 e. The minimum atomic E-state index is 0.0362. The third kappa shape index (κ3) is 4.55. The molecular formula is C17H22N4O2. The van der Waals surface area contributed by atoms with Gasteiger partial charge in [-0.2, -0.15) is 5.10 Å². The first-order valence-corrected chi connectivity index (χ1v) is 8.15. The lowest BCUT2D eigenvalue weighted by atomic mass is 9.92. The standard InChI is InChI=1S/C17H22N4O2/c22-17(10-11-21-13-18-12-19-21)20-15-8-4-5-9-16(15)23-14-6-2-1-3-7-14/h1-3,6-7,12-13,15-16H,4-5,8-11H2,(H,20,22)/t15-,16-/m0/s1. The Hall–Kier alpha value is -2.37. The monoisotopic (exact) mass is 314 g/mol. The van der Waals surface area contributed by atoms with Crippen molar-refractivity contribution in [1.82, 2.24) is 20.1 Å². The molecule has 0 bridgehead atoms. The topological polar surface area (TPSA) is 69.0 Å². The van der Waals surface area contributed by atoms with Gasteiger partial charge in [-0.1, -0.05) is 24.6 Å². The second kappa shape index (κ2) is 7.76. The molecule has 1 aromatic carbocycles. The lowest BCUT2D eigenvalue weighted by Crippen LogP contribution is -2.47. The Kier molecular flexibility index (Phi) is 5.24. The van der Waals surface area contributed by atoms with Crippen molar-refractivity contribution in [2.24, 2.45) is 0 Å². The first-order valence-electron chi connectivity index (χ1n) is 8.15. The number of hydrogen-bond donors (Lipinski definition) is 1. The molecule has 0 aliphatic heterocycles. The van der Waals surface area contributed by atoms with Gasteiger partial charge in [-0.25, -0.2) is 4.98 Å². The second-order valence-electron chi connectivity index (χ2n) is 5.84. The fourth-order valence-corrected chi connectivity index (χ4v) is 2.92. The van der Waals surface area contributed by atoms with Crippen molar-refractivity contribution in [3.63, 3.8) is 0 Å². The normalized spacial score (nSPS) is 20.9. The van der Waals surface area contributed by atoms with E-state index in [1.54, 1.807) is 11.0 Å². The molecule has 1 heterocycles. The Balaban J connectivity index is 1.52. The van der Waals surface area contributed by atoms with Crippen LogP contribution < -0.4 is 10.1 Å². The van der Waals surface area contributed by atoms with Crippen LogP contribution in [0.25, 0.3) is 0 Å². The summed E-state index contributed by atoms with van der Waals surface area (Å²) in [5, 5.41) is 7.13. The zero-order valence-corrected chi connectivity index (χ0v) is 13.1. The van der Waals surface area contributed by atoms with E-state index in [2.05, 4.69) is 15.4 Å². The van der Waals surface area contributed by atoms with Crippen LogP contribution in [0.5, 0.6) is 5.75 Å². The number of nitrogens with zero attached hydrogens (tertiary/aromatic N) is 3. The van der Waals surface area contributed by atoms with E-state index in [0.717, 1.165) is 31.4 Å². The fraction of sp³-hybridized carbons (Fsp3) is 0.471. The van der Waals surface area contributed by atoms with E-state index in [4.69, 9.17) is 4.74 Å². The molecule has 1 saturated carbocycles. The van der Waals surface area contributed by atoms with Gasteiger partial charge in [-0.15, -0.1) is 0 Å². The predicted octanol–water partition coefficient (Wildman–Crippen LogP) is 2.17. The number of amides is 1. The summed E-state index contributed by atoms with van der Waals surface area (Å²) in [6.45, 7) is 0.544. The lowest BCUT2D eigenvalue weighted by Gasteiger charge is -2.32. The number of carbonyl (C=O) groups is 1. The maximum atomic E-state index is 12.2. The quantitative estimate of drug-likeness (QED) is 0.887. The van der Waals surface area contributed by atoms with Crippen LogP contribution in [-0.4, -0.2) is 32.8 Å². The number of benzene rings is 1. The van der Waals surface area contributed by atoms with Crippen LogP contribution in [0.15, 0.2) is 43.0 Å². The molecular weight excluding hydrogens is 292 g/mol. The van der Waals surface area contributed by atoms with Crippen LogP contribution in [-0.2, 0) is 11.3 Å². The number of nitrogens with one attached hydrogen (secondary N) is 1. The van der Waals surface area contributed by atoms with Crippen molar-refractivity contribution in [1.29, 1.82) is 0 Å². The Morgan fingerprint density at radius 2 is 2.09 bits per heavy atom. The molecule has 6 nitrogen and oxygen atoms in total. The highest BCUT2D eigenvalue weighted by Gasteiger charge is 2.28. The molecule has 1 amide bonds. The first kappa shape index (κ1) is 15.5. The maximum Gasteiger partial charge on any atom is 0.222 e. The molecule has 122 valence electrons. The third-order valence-corrected chi connectivity index (χ3v) is 4.11. The van der Waals surface area contributed by atoms with Crippen molar-refractivity contribution >= 4 is 5.91 Å². The Bertz CT molecular complexity index is 600. The second-order valence-corrected chi connectivity index (χ2v) is 5.84. The Labute approximate surface area is 135 Å². The van der Waals surface area contributed by atoms with Gasteiger partial charge in [0, 0.05) is 6.42 Å². The molecule has 1 aromatic heterocycles. The van der Waals surface area contributed by atoms with E-state index in [0.29, 0.717) is 13.0 Å². The van der Waals surface area contributed by atoms with Crippen LogP contribution in [0.3, 0.4) is 0 Å². The van der Waals surface area contributed by atoms with Gasteiger partial charge in [-0.3, -0.25) is 9.48 Å². The molecule has 0 radical (unpaired) electrons. The van der Waals surface area contributed by atoms with Gasteiger partial charge in [0.15, 0.2) is 0 Å². The highest BCUT2D eigenvalue weighted by Crippen LogP contribution is 2.24. The molecule has 3 rings (SSSR count). The van der Waals surface area contributed by atoms with Gasteiger partial charge < -0.3 is 10.1 Å². The highest BCUT2D eigenvalue weighted by atomic mass is 16.5. The summed E-state index contributed by atoms with van der Waals surface area (Å²) >= 11 is 0. The number of hydrogen-bond acceptors (Lipinski definition) is 4. The van der Waals surface area contributed by atoms with Crippen molar-refractivity contribution in [3.8, 4) is 5.75 Å². The van der Waals surface area contributed by atoms with Gasteiger partial charge in [-0.05, 0) is 31.4 Å². The van der Waals surface area contributed by atoms with Crippen LogP contribution >= 0.6 is 0 Å². The predicted molar refractivity (Wildman–Crippen MR) is 85.9 cm³/mol. The number of aromatic nitrogens is 3. The van der Waals surface area contributed by atoms with Crippen molar-refractivity contribution in [2.45, 2.75) is 50.8 Å². The van der Waals surface area contributed by atoms with E-state index in [1.165, 1.54) is 6.33 Å². The fourth-order valence-electron chi connectivity index (χ4n) is 2.92. The van der Waals surface area contributed by atoms with Crippen LogP contribution in [0.2, 0.25) is 0 Å². The SMILES string of the molecule is O=C(CCn1cncn1)N[C@H]1CCCC[C@@H]1Oc1ccccc1. The van der Waals surface area contributed by atoms with Gasteiger partial charge in [0.25, 0.3) is 0 Å². The van der Waals surface area contributed by atoms with Crippen LogP contribution in [0.4, 0.5) is 0 Å². The smallest absolute Gasteiger partial charge is 0.222 e. The molecule has 0 saturated heterocycles.